The van der Waals surface area contributed by atoms with Gasteiger partial charge in [-0.15, -0.1) is 0 Å². The molecule has 0 saturated carbocycles. The molecule has 0 aromatic heterocycles. The Labute approximate surface area is 321 Å². The summed E-state index contributed by atoms with van der Waals surface area (Å²) in [5.41, 5.74) is 0. The molecule has 0 spiro atoms. The molecule has 7 atom stereocenters. The third-order valence-electron chi connectivity index (χ3n) is 9.29. The van der Waals surface area contributed by atoms with Crippen LogP contribution in [0.3, 0.4) is 0 Å². The highest BCUT2D eigenvalue weighted by atomic mass is 16.7. The normalized spacial score (nSPS) is 22.4. The van der Waals surface area contributed by atoms with E-state index in [0.717, 1.165) is 83.5 Å². The van der Waals surface area contributed by atoms with Gasteiger partial charge in [-0.25, -0.2) is 0 Å². The fourth-order valence-electron chi connectivity index (χ4n) is 5.94. The molecule has 1 heterocycles. The Bertz CT molecular complexity index is 1050. The number of aliphatic hydroxyl groups is 5. The van der Waals surface area contributed by atoms with Gasteiger partial charge in [-0.1, -0.05) is 145 Å². The largest absolute Gasteiger partial charge is 0.394 e. The van der Waals surface area contributed by atoms with E-state index in [9.17, 15) is 30.3 Å². The van der Waals surface area contributed by atoms with Crippen molar-refractivity contribution in [3.63, 3.8) is 0 Å². The first kappa shape index (κ1) is 48.6. The molecule has 53 heavy (non-hydrogen) atoms. The number of carbonyl (C=O) groups is 1. The molecule has 0 aromatic rings. The molecule has 1 rings (SSSR count). The number of ether oxygens (including phenoxy) is 2. The molecule has 9 nitrogen and oxygen atoms in total. The average molecular weight is 746 g/mol. The lowest BCUT2D eigenvalue weighted by Gasteiger charge is -2.40. The summed E-state index contributed by atoms with van der Waals surface area (Å²) in [5.74, 6) is -0.198. The number of rotatable bonds is 32. The van der Waals surface area contributed by atoms with Crippen molar-refractivity contribution in [2.75, 3.05) is 13.2 Å². The zero-order valence-corrected chi connectivity index (χ0v) is 33.0. The molecule has 1 amide bonds. The van der Waals surface area contributed by atoms with E-state index in [2.05, 4.69) is 79.9 Å². The minimum atomic E-state index is -1.57. The summed E-state index contributed by atoms with van der Waals surface area (Å²) in [5, 5.41) is 53.8. The second-order valence-electron chi connectivity index (χ2n) is 14.0. The maximum Gasteiger partial charge on any atom is 0.220 e. The van der Waals surface area contributed by atoms with Crippen LogP contribution in [0.15, 0.2) is 72.9 Å². The van der Waals surface area contributed by atoms with E-state index in [1.165, 1.54) is 38.5 Å². The van der Waals surface area contributed by atoms with Crippen LogP contribution in [0.25, 0.3) is 0 Å². The quantitative estimate of drug-likeness (QED) is 0.0302. The predicted octanol–water partition coefficient (Wildman–Crippen LogP) is 7.83. The first-order chi connectivity index (χ1) is 25.8. The SMILES string of the molecule is CC/C=C\C/C=C\C/C=C\C/C=C\C/C=C\CCCCCCCCCC(=O)NC(COC1OC(CO)C(O)C(O)C1O)C(O)/C=C/CCCCCCC. The molecule has 1 saturated heterocycles. The van der Waals surface area contributed by atoms with Crippen molar-refractivity contribution in [2.24, 2.45) is 0 Å². The maximum absolute atomic E-state index is 12.9. The van der Waals surface area contributed by atoms with Crippen molar-refractivity contribution >= 4 is 5.91 Å². The van der Waals surface area contributed by atoms with Crippen molar-refractivity contribution in [1.29, 1.82) is 0 Å². The molecule has 0 aromatic carbocycles. The summed E-state index contributed by atoms with van der Waals surface area (Å²) < 4.78 is 11.1. The highest BCUT2D eigenvalue weighted by molar-refractivity contribution is 5.76. The van der Waals surface area contributed by atoms with Crippen LogP contribution in [0.2, 0.25) is 0 Å². The Hall–Kier alpha value is -2.37. The molecule has 6 N–H and O–H groups in total. The number of amides is 1. The number of hydrogen-bond donors (Lipinski definition) is 6. The number of nitrogens with one attached hydrogen (secondary N) is 1. The number of carbonyl (C=O) groups excluding carboxylic acids is 1. The molecular weight excluding hydrogens is 670 g/mol. The van der Waals surface area contributed by atoms with Gasteiger partial charge >= 0.3 is 0 Å². The van der Waals surface area contributed by atoms with Crippen LogP contribution in [-0.2, 0) is 14.3 Å². The summed E-state index contributed by atoms with van der Waals surface area (Å²) in [7, 11) is 0. The van der Waals surface area contributed by atoms with E-state index >= 15 is 0 Å². The molecule has 304 valence electrons. The van der Waals surface area contributed by atoms with Crippen LogP contribution in [0.5, 0.6) is 0 Å². The van der Waals surface area contributed by atoms with Crippen LogP contribution in [0.1, 0.15) is 142 Å². The molecular formula is C44H75NO8. The third-order valence-corrected chi connectivity index (χ3v) is 9.29. The van der Waals surface area contributed by atoms with Crippen molar-refractivity contribution in [3.05, 3.63) is 72.9 Å². The van der Waals surface area contributed by atoms with E-state index in [1.807, 2.05) is 6.08 Å². The van der Waals surface area contributed by atoms with Crippen molar-refractivity contribution in [2.45, 2.75) is 185 Å². The minimum absolute atomic E-state index is 0.198. The number of unbranched alkanes of at least 4 members (excludes halogenated alkanes) is 12. The molecule has 1 fully saturated rings. The lowest BCUT2D eigenvalue weighted by molar-refractivity contribution is -0.302. The summed E-state index contributed by atoms with van der Waals surface area (Å²) in [6.07, 6.45) is 38.2. The second kappa shape index (κ2) is 34.1. The third kappa shape index (κ3) is 25.4. The standard InChI is InChI=1S/C44H75NO8/c1-3-5-7-9-11-12-13-14-15-16-17-18-19-20-21-22-23-24-25-26-28-30-32-34-40(48)45-37(38(47)33-31-29-27-10-8-6-4-2)36-52-44-43(51)42(50)41(49)39(35-46)53-44/h5,7,11-12,14-15,17-18,20-21,31,33,37-39,41-44,46-47,49-51H,3-4,6,8-10,13,16,19,22-30,32,34-36H2,1-2H3,(H,45,48)/b7-5-,12-11-,15-14-,18-17-,21-20-,33-31+. The van der Waals surface area contributed by atoms with Gasteiger partial charge < -0.3 is 40.3 Å². The summed E-state index contributed by atoms with van der Waals surface area (Å²) in [6.45, 7) is 3.56. The van der Waals surface area contributed by atoms with Gasteiger partial charge in [0.15, 0.2) is 6.29 Å². The fraction of sp³-hybridized carbons (Fsp3) is 0.705. The zero-order valence-electron chi connectivity index (χ0n) is 33.0. The average Bonchev–Trinajstić information content (AvgIpc) is 3.16. The summed E-state index contributed by atoms with van der Waals surface area (Å²) in [4.78, 5) is 12.9. The number of hydrogen-bond acceptors (Lipinski definition) is 8. The topological polar surface area (TPSA) is 149 Å². The molecule has 1 aliphatic heterocycles. The molecule has 0 radical (unpaired) electrons. The van der Waals surface area contributed by atoms with Crippen LogP contribution >= 0.6 is 0 Å². The Morgan fingerprint density at radius 2 is 1.17 bits per heavy atom. The first-order valence-electron chi connectivity index (χ1n) is 20.7. The lowest BCUT2D eigenvalue weighted by Crippen LogP contribution is -2.60. The van der Waals surface area contributed by atoms with Crippen LogP contribution in [0, 0.1) is 0 Å². The van der Waals surface area contributed by atoms with Gasteiger partial charge in [0.05, 0.1) is 25.4 Å². The number of aliphatic hydroxyl groups excluding tert-OH is 5. The minimum Gasteiger partial charge on any atom is -0.394 e. The molecule has 7 unspecified atom stereocenters. The van der Waals surface area contributed by atoms with E-state index in [4.69, 9.17) is 9.47 Å². The van der Waals surface area contributed by atoms with Gasteiger partial charge in [-0.3, -0.25) is 4.79 Å². The highest BCUT2D eigenvalue weighted by Gasteiger charge is 2.44. The van der Waals surface area contributed by atoms with Crippen LogP contribution in [0.4, 0.5) is 0 Å². The van der Waals surface area contributed by atoms with Gasteiger partial charge in [0, 0.05) is 6.42 Å². The highest BCUT2D eigenvalue weighted by Crippen LogP contribution is 2.22. The smallest absolute Gasteiger partial charge is 0.220 e. The van der Waals surface area contributed by atoms with Gasteiger partial charge in [0.2, 0.25) is 5.91 Å². The molecule has 9 heteroatoms. The maximum atomic E-state index is 12.9. The second-order valence-corrected chi connectivity index (χ2v) is 14.0. The van der Waals surface area contributed by atoms with Gasteiger partial charge in [-0.05, 0) is 64.2 Å². The fourth-order valence-corrected chi connectivity index (χ4v) is 5.94. The van der Waals surface area contributed by atoms with Crippen molar-refractivity contribution in [1.82, 2.24) is 5.32 Å². The van der Waals surface area contributed by atoms with Gasteiger partial charge in [0.1, 0.15) is 24.4 Å². The molecule has 0 bridgehead atoms. The van der Waals surface area contributed by atoms with Gasteiger partial charge in [0.25, 0.3) is 0 Å². The van der Waals surface area contributed by atoms with Crippen LogP contribution < -0.4 is 5.32 Å². The summed E-state index contributed by atoms with van der Waals surface area (Å²) in [6, 6.07) is -0.811. The van der Waals surface area contributed by atoms with Crippen molar-refractivity contribution < 1.29 is 39.8 Å². The van der Waals surface area contributed by atoms with E-state index in [1.54, 1.807) is 6.08 Å². The Morgan fingerprint density at radius 1 is 0.660 bits per heavy atom. The van der Waals surface area contributed by atoms with E-state index in [-0.39, 0.29) is 12.5 Å². The number of allylic oxidation sites excluding steroid dienone is 11. The Morgan fingerprint density at radius 3 is 1.74 bits per heavy atom. The zero-order chi connectivity index (χ0) is 38.8. The van der Waals surface area contributed by atoms with E-state index in [0.29, 0.717) is 6.42 Å². The van der Waals surface area contributed by atoms with E-state index < -0.39 is 49.5 Å². The lowest BCUT2D eigenvalue weighted by atomic mass is 9.99. The molecule has 0 aliphatic carbocycles. The Balaban J connectivity index is 2.29. The van der Waals surface area contributed by atoms with Gasteiger partial charge in [-0.2, -0.15) is 0 Å². The summed E-state index contributed by atoms with van der Waals surface area (Å²) >= 11 is 0. The molecule has 1 aliphatic rings. The van der Waals surface area contributed by atoms with Crippen molar-refractivity contribution in [3.8, 4) is 0 Å². The predicted molar refractivity (Wildman–Crippen MR) is 216 cm³/mol. The van der Waals surface area contributed by atoms with Crippen LogP contribution in [-0.4, -0.2) is 87.5 Å². The Kier molecular flexibility index (Phi) is 31.3. The monoisotopic (exact) mass is 746 g/mol. The first-order valence-corrected chi connectivity index (χ1v) is 20.7.